The fourth-order valence-corrected chi connectivity index (χ4v) is 4.81. The Balaban J connectivity index is 1.41. The molecule has 1 unspecified atom stereocenters. The van der Waals surface area contributed by atoms with E-state index in [1.165, 1.54) is 12.1 Å². The van der Waals surface area contributed by atoms with Crippen molar-refractivity contribution in [2.75, 3.05) is 17.6 Å². The molecule has 2 heterocycles. The molecule has 35 heavy (non-hydrogen) atoms. The Bertz CT molecular complexity index is 1240. The highest BCUT2D eigenvalue weighted by Gasteiger charge is 2.35. The summed E-state index contributed by atoms with van der Waals surface area (Å²) in [5.41, 5.74) is 0.800. The zero-order chi connectivity index (χ0) is 25.2. The molecule has 1 fully saturated rings. The Morgan fingerprint density at radius 1 is 1.14 bits per heavy atom. The van der Waals surface area contributed by atoms with Crippen molar-refractivity contribution in [3.63, 3.8) is 0 Å². The number of amides is 2. The summed E-state index contributed by atoms with van der Waals surface area (Å²) in [4.78, 5) is 27.3. The Hall–Kier alpha value is -3.34. The Kier molecular flexibility index (Phi) is 7.15. The topological polar surface area (TPSA) is 80.1 Å². The van der Waals surface area contributed by atoms with Crippen molar-refractivity contribution in [3.05, 3.63) is 71.0 Å². The lowest BCUT2D eigenvalue weighted by Crippen LogP contribution is -2.32. The van der Waals surface area contributed by atoms with E-state index in [-0.39, 0.29) is 23.4 Å². The largest absolute Gasteiger partial charge is 0.416 e. The first-order valence-electron chi connectivity index (χ1n) is 11.0. The van der Waals surface area contributed by atoms with Crippen LogP contribution in [0.2, 0.25) is 0 Å². The minimum absolute atomic E-state index is 0.0525. The van der Waals surface area contributed by atoms with Gasteiger partial charge in [0.2, 0.25) is 5.91 Å². The van der Waals surface area contributed by atoms with Gasteiger partial charge in [0.1, 0.15) is 0 Å². The van der Waals surface area contributed by atoms with Gasteiger partial charge in [0.05, 0.1) is 17.4 Å². The highest BCUT2D eigenvalue weighted by molar-refractivity contribution is 7.99. The van der Waals surface area contributed by atoms with Crippen molar-refractivity contribution in [1.29, 1.82) is 0 Å². The predicted molar refractivity (Wildman–Crippen MR) is 126 cm³/mol. The third kappa shape index (κ3) is 5.50. The maximum absolute atomic E-state index is 13.2. The molecule has 0 bridgehead atoms. The first-order chi connectivity index (χ1) is 16.6. The van der Waals surface area contributed by atoms with E-state index >= 15 is 0 Å². The summed E-state index contributed by atoms with van der Waals surface area (Å²) in [7, 11) is 1.77. The van der Waals surface area contributed by atoms with Gasteiger partial charge in [-0.1, -0.05) is 36.0 Å². The molecule has 184 valence electrons. The van der Waals surface area contributed by atoms with Gasteiger partial charge in [0.15, 0.2) is 11.0 Å². The molecule has 1 aliphatic heterocycles. The van der Waals surface area contributed by atoms with Gasteiger partial charge in [0, 0.05) is 24.8 Å². The van der Waals surface area contributed by atoms with Crippen LogP contribution in [0.4, 0.5) is 18.9 Å². The van der Waals surface area contributed by atoms with Crippen LogP contribution in [-0.4, -0.2) is 43.8 Å². The summed E-state index contributed by atoms with van der Waals surface area (Å²) in [6.07, 6.45) is -2.89. The number of carbonyl (C=O) groups excluding carboxylic acids is 2. The van der Waals surface area contributed by atoms with Gasteiger partial charge < -0.3 is 14.8 Å². The van der Waals surface area contributed by atoms with Crippen LogP contribution in [0.25, 0.3) is 0 Å². The molecule has 2 aromatic carbocycles. The summed E-state index contributed by atoms with van der Waals surface area (Å²) in [6.45, 7) is 2.52. The molecule has 11 heteroatoms. The monoisotopic (exact) mass is 503 g/mol. The molecular formula is C24H24F3N5O2S. The number of alkyl halides is 3. The second-order valence-electron chi connectivity index (χ2n) is 8.29. The molecule has 7 nitrogen and oxygen atoms in total. The van der Waals surface area contributed by atoms with Gasteiger partial charge in [-0.05, 0) is 49.6 Å². The van der Waals surface area contributed by atoms with Crippen molar-refractivity contribution in [2.24, 2.45) is 7.05 Å². The number of nitrogens with zero attached hydrogens (tertiary/aromatic N) is 4. The van der Waals surface area contributed by atoms with Crippen molar-refractivity contribution in [3.8, 4) is 0 Å². The van der Waals surface area contributed by atoms with Gasteiger partial charge in [-0.3, -0.25) is 9.59 Å². The number of hydrogen-bond donors (Lipinski definition) is 1. The average Bonchev–Trinajstić information content (AvgIpc) is 3.43. The molecule has 1 aliphatic rings. The number of carbonyl (C=O) groups is 2. The number of halogens is 3. The van der Waals surface area contributed by atoms with E-state index in [0.29, 0.717) is 23.1 Å². The number of aryl methyl sites for hydroxylation is 1. The number of benzene rings is 2. The Labute approximate surface area is 204 Å². The Morgan fingerprint density at radius 3 is 2.66 bits per heavy atom. The third-order valence-electron chi connectivity index (χ3n) is 5.86. The highest BCUT2D eigenvalue weighted by atomic mass is 32.2. The zero-order valence-corrected chi connectivity index (χ0v) is 20.0. The van der Waals surface area contributed by atoms with Crippen LogP contribution in [0, 0.1) is 6.92 Å². The molecule has 0 aliphatic carbocycles. The highest BCUT2D eigenvalue weighted by Crippen LogP contribution is 2.34. The average molecular weight is 504 g/mol. The fourth-order valence-electron chi connectivity index (χ4n) is 4.09. The first-order valence-corrected chi connectivity index (χ1v) is 12.0. The number of nitrogens with one attached hydrogen (secondary N) is 1. The standard InChI is InChI=1S/C24H24F3N5O2S/c1-15-7-3-4-10-18(15)22(34)32-12-6-11-19(32)21-29-30-23(31(21)2)35-14-20(33)28-17-9-5-8-16(13-17)24(25,26)27/h3-5,7-10,13,19H,6,11-12,14H2,1-2H3,(H,28,33). The van der Waals surface area contributed by atoms with Gasteiger partial charge in [-0.25, -0.2) is 0 Å². The SMILES string of the molecule is Cc1ccccc1C(=O)N1CCCC1c1nnc(SCC(=O)Nc2cccc(C(F)(F)F)c2)n1C. The number of likely N-dealkylation sites (tertiary alicyclic amines) is 1. The lowest BCUT2D eigenvalue weighted by molar-refractivity contribution is -0.137. The van der Waals surface area contributed by atoms with E-state index in [0.717, 1.165) is 42.3 Å². The number of thioether (sulfide) groups is 1. The maximum Gasteiger partial charge on any atom is 0.416 e. The second kappa shape index (κ2) is 10.1. The van der Waals surface area contributed by atoms with E-state index < -0.39 is 17.6 Å². The van der Waals surface area contributed by atoms with Gasteiger partial charge >= 0.3 is 6.18 Å². The van der Waals surface area contributed by atoms with Crippen molar-refractivity contribution < 1.29 is 22.8 Å². The minimum atomic E-state index is -4.49. The van der Waals surface area contributed by atoms with Crippen LogP contribution >= 0.6 is 11.8 Å². The van der Waals surface area contributed by atoms with Crippen LogP contribution in [0.5, 0.6) is 0 Å². The second-order valence-corrected chi connectivity index (χ2v) is 9.23. The smallest absolute Gasteiger partial charge is 0.328 e. The van der Waals surface area contributed by atoms with Crippen LogP contribution < -0.4 is 5.32 Å². The van der Waals surface area contributed by atoms with Crippen LogP contribution in [0.15, 0.2) is 53.7 Å². The molecule has 0 radical (unpaired) electrons. The summed E-state index contributed by atoms with van der Waals surface area (Å²) >= 11 is 1.12. The zero-order valence-electron chi connectivity index (χ0n) is 19.2. The third-order valence-corrected chi connectivity index (χ3v) is 6.88. The maximum atomic E-state index is 13.2. The summed E-state index contributed by atoms with van der Waals surface area (Å²) in [5.74, 6) is 0.0586. The normalized spacial score (nSPS) is 15.9. The van der Waals surface area contributed by atoms with Crippen LogP contribution in [-0.2, 0) is 18.0 Å². The van der Waals surface area contributed by atoms with E-state index in [2.05, 4.69) is 15.5 Å². The number of anilines is 1. The number of aromatic nitrogens is 3. The van der Waals surface area contributed by atoms with Gasteiger partial charge in [-0.2, -0.15) is 13.2 Å². The molecule has 3 aromatic rings. The molecule has 0 saturated carbocycles. The molecule has 1 N–H and O–H groups in total. The lowest BCUT2D eigenvalue weighted by Gasteiger charge is -2.24. The van der Waals surface area contributed by atoms with E-state index in [1.54, 1.807) is 16.5 Å². The predicted octanol–water partition coefficient (Wildman–Crippen LogP) is 4.85. The fraction of sp³-hybridized carbons (Fsp3) is 0.333. The van der Waals surface area contributed by atoms with Gasteiger partial charge in [-0.15, -0.1) is 10.2 Å². The molecule has 1 saturated heterocycles. The number of rotatable bonds is 6. The van der Waals surface area contributed by atoms with Crippen LogP contribution in [0.3, 0.4) is 0 Å². The quantitative estimate of drug-likeness (QED) is 0.487. The molecular weight excluding hydrogens is 479 g/mol. The summed E-state index contributed by atoms with van der Waals surface area (Å²) in [6, 6.07) is 11.7. The molecule has 4 rings (SSSR count). The number of hydrogen-bond acceptors (Lipinski definition) is 5. The van der Waals surface area contributed by atoms with Gasteiger partial charge in [0.25, 0.3) is 5.91 Å². The molecule has 0 spiro atoms. The summed E-state index contributed by atoms with van der Waals surface area (Å²) < 4.78 is 40.4. The molecule has 2 amide bonds. The minimum Gasteiger partial charge on any atom is -0.328 e. The summed E-state index contributed by atoms with van der Waals surface area (Å²) in [5, 5.41) is 11.4. The lowest BCUT2D eigenvalue weighted by atomic mass is 10.1. The van der Waals surface area contributed by atoms with Crippen molar-refractivity contribution >= 4 is 29.3 Å². The molecule has 1 atom stereocenters. The van der Waals surface area contributed by atoms with Crippen LogP contribution in [0.1, 0.15) is 46.2 Å². The van der Waals surface area contributed by atoms with E-state index in [9.17, 15) is 22.8 Å². The van der Waals surface area contributed by atoms with Crippen molar-refractivity contribution in [1.82, 2.24) is 19.7 Å². The first kappa shape index (κ1) is 24.8. The van der Waals surface area contributed by atoms with E-state index in [1.807, 2.05) is 31.2 Å². The molecule has 1 aromatic heterocycles. The van der Waals surface area contributed by atoms with E-state index in [4.69, 9.17) is 0 Å². The Morgan fingerprint density at radius 2 is 1.91 bits per heavy atom. The van der Waals surface area contributed by atoms with Crippen molar-refractivity contribution in [2.45, 2.75) is 37.1 Å².